The molecule has 17 heavy (non-hydrogen) atoms. The summed E-state index contributed by atoms with van der Waals surface area (Å²) in [5.74, 6) is 0.0110. The first kappa shape index (κ1) is 12.5. The summed E-state index contributed by atoms with van der Waals surface area (Å²) in [6.07, 6.45) is 2.10. The van der Waals surface area contributed by atoms with Gasteiger partial charge in [0.15, 0.2) is 0 Å². The lowest BCUT2D eigenvalue weighted by molar-refractivity contribution is 0.359. The second-order valence-corrected chi connectivity index (χ2v) is 6.21. The zero-order valence-electron chi connectivity index (χ0n) is 9.49. The van der Waals surface area contributed by atoms with E-state index in [4.69, 9.17) is 10.3 Å². The van der Waals surface area contributed by atoms with E-state index in [0.29, 0.717) is 6.42 Å². The van der Waals surface area contributed by atoms with E-state index in [9.17, 15) is 8.42 Å². The van der Waals surface area contributed by atoms with Crippen molar-refractivity contribution >= 4 is 10.1 Å². The maximum Gasteiger partial charge on any atom is 0.269 e. The Morgan fingerprint density at radius 3 is 2.41 bits per heavy atom. The molecular weight excluding hydrogens is 238 g/mol. The maximum atomic E-state index is 11.2. The van der Waals surface area contributed by atoms with Crippen LogP contribution in [-0.2, 0) is 10.1 Å². The van der Waals surface area contributed by atoms with Gasteiger partial charge in [-0.2, -0.15) is 8.42 Å². The van der Waals surface area contributed by atoms with E-state index in [1.807, 2.05) is 30.3 Å². The van der Waals surface area contributed by atoms with E-state index < -0.39 is 21.4 Å². The SMILES string of the molecule is NC1C(c2ccccc2)CCCC1S(=O)(=O)O. The molecule has 1 aliphatic carbocycles. The maximum absolute atomic E-state index is 11.2. The summed E-state index contributed by atoms with van der Waals surface area (Å²) < 4.78 is 31.7. The summed E-state index contributed by atoms with van der Waals surface area (Å²) in [7, 11) is -4.04. The van der Waals surface area contributed by atoms with E-state index >= 15 is 0 Å². The molecule has 0 heterocycles. The third-order valence-electron chi connectivity index (χ3n) is 3.51. The highest BCUT2D eigenvalue weighted by atomic mass is 32.2. The van der Waals surface area contributed by atoms with Crippen LogP contribution in [0.15, 0.2) is 30.3 Å². The lowest BCUT2D eigenvalue weighted by Crippen LogP contribution is -2.47. The van der Waals surface area contributed by atoms with Crippen LogP contribution in [-0.4, -0.2) is 24.3 Å². The Labute approximate surface area is 102 Å². The van der Waals surface area contributed by atoms with Crippen LogP contribution < -0.4 is 5.73 Å². The Balaban J connectivity index is 2.26. The second kappa shape index (κ2) is 4.76. The van der Waals surface area contributed by atoms with Crippen LogP contribution in [0, 0.1) is 0 Å². The molecule has 1 fully saturated rings. The van der Waals surface area contributed by atoms with Crippen molar-refractivity contribution in [2.75, 3.05) is 0 Å². The van der Waals surface area contributed by atoms with Crippen LogP contribution in [0.4, 0.5) is 0 Å². The van der Waals surface area contributed by atoms with Gasteiger partial charge in [0.05, 0.1) is 0 Å². The topological polar surface area (TPSA) is 80.4 Å². The number of rotatable bonds is 2. The van der Waals surface area contributed by atoms with E-state index in [2.05, 4.69) is 0 Å². The molecule has 0 aromatic heterocycles. The summed E-state index contributed by atoms with van der Waals surface area (Å²) in [5.41, 5.74) is 7.05. The quantitative estimate of drug-likeness (QED) is 0.785. The molecule has 3 unspecified atom stereocenters. The molecule has 2 rings (SSSR count). The molecule has 0 aliphatic heterocycles. The third-order valence-corrected chi connectivity index (χ3v) is 4.82. The normalized spacial score (nSPS) is 30.1. The summed E-state index contributed by atoms with van der Waals surface area (Å²) in [5, 5.41) is -0.832. The van der Waals surface area contributed by atoms with Gasteiger partial charge in [-0.3, -0.25) is 4.55 Å². The fraction of sp³-hybridized carbons (Fsp3) is 0.500. The van der Waals surface area contributed by atoms with Gasteiger partial charge in [-0.25, -0.2) is 0 Å². The van der Waals surface area contributed by atoms with E-state index in [0.717, 1.165) is 18.4 Å². The van der Waals surface area contributed by atoms with Crippen LogP contribution in [0.25, 0.3) is 0 Å². The Morgan fingerprint density at radius 1 is 1.18 bits per heavy atom. The molecule has 0 spiro atoms. The average molecular weight is 255 g/mol. The lowest BCUT2D eigenvalue weighted by Gasteiger charge is -2.34. The summed E-state index contributed by atoms with van der Waals surface area (Å²) >= 11 is 0. The minimum Gasteiger partial charge on any atom is -0.326 e. The third kappa shape index (κ3) is 2.68. The molecule has 0 bridgehead atoms. The molecule has 4 nitrogen and oxygen atoms in total. The number of hydrogen-bond acceptors (Lipinski definition) is 3. The highest BCUT2D eigenvalue weighted by molar-refractivity contribution is 7.86. The van der Waals surface area contributed by atoms with Gasteiger partial charge in [0, 0.05) is 12.0 Å². The van der Waals surface area contributed by atoms with Gasteiger partial charge in [-0.15, -0.1) is 0 Å². The number of hydrogen-bond donors (Lipinski definition) is 2. The zero-order chi connectivity index (χ0) is 12.5. The predicted molar refractivity (Wildman–Crippen MR) is 66.3 cm³/mol. The van der Waals surface area contributed by atoms with Crippen molar-refractivity contribution in [1.82, 2.24) is 0 Å². The number of nitrogens with two attached hydrogens (primary N) is 1. The van der Waals surface area contributed by atoms with Gasteiger partial charge in [0.1, 0.15) is 5.25 Å². The Kier molecular flexibility index (Phi) is 3.51. The Morgan fingerprint density at radius 2 is 1.82 bits per heavy atom. The lowest BCUT2D eigenvalue weighted by atomic mass is 9.80. The molecule has 0 saturated heterocycles. The predicted octanol–water partition coefficient (Wildman–Crippen LogP) is 1.54. The Hall–Kier alpha value is -0.910. The van der Waals surface area contributed by atoms with Gasteiger partial charge in [-0.1, -0.05) is 36.8 Å². The molecule has 0 radical (unpaired) electrons. The van der Waals surface area contributed by atoms with E-state index in [1.54, 1.807) is 0 Å². The Bertz CT molecular complexity index is 472. The minimum absolute atomic E-state index is 0.0110. The van der Waals surface area contributed by atoms with Gasteiger partial charge in [-0.05, 0) is 18.4 Å². The molecule has 1 aromatic carbocycles. The highest BCUT2D eigenvalue weighted by Crippen LogP contribution is 2.34. The molecule has 0 amide bonds. The molecule has 3 atom stereocenters. The van der Waals surface area contributed by atoms with Gasteiger partial charge < -0.3 is 5.73 Å². The number of benzene rings is 1. The highest BCUT2D eigenvalue weighted by Gasteiger charge is 2.38. The van der Waals surface area contributed by atoms with Crippen LogP contribution in [0.1, 0.15) is 30.7 Å². The van der Waals surface area contributed by atoms with Crippen molar-refractivity contribution in [3.05, 3.63) is 35.9 Å². The van der Waals surface area contributed by atoms with Crippen LogP contribution >= 0.6 is 0 Å². The summed E-state index contributed by atoms with van der Waals surface area (Å²) in [6.45, 7) is 0. The summed E-state index contributed by atoms with van der Waals surface area (Å²) in [4.78, 5) is 0. The van der Waals surface area contributed by atoms with Gasteiger partial charge >= 0.3 is 0 Å². The van der Waals surface area contributed by atoms with Crippen LogP contribution in [0.2, 0.25) is 0 Å². The molecular formula is C12H17NO3S. The first-order chi connectivity index (χ1) is 8.00. The fourth-order valence-corrected chi connectivity index (χ4v) is 3.67. The van der Waals surface area contributed by atoms with E-state index in [-0.39, 0.29) is 5.92 Å². The largest absolute Gasteiger partial charge is 0.326 e. The molecule has 3 N–H and O–H groups in total. The fourth-order valence-electron chi connectivity index (χ4n) is 2.62. The monoisotopic (exact) mass is 255 g/mol. The molecule has 1 aliphatic rings. The van der Waals surface area contributed by atoms with Crippen molar-refractivity contribution in [3.8, 4) is 0 Å². The second-order valence-electron chi connectivity index (χ2n) is 4.58. The van der Waals surface area contributed by atoms with Crippen molar-refractivity contribution in [3.63, 3.8) is 0 Å². The first-order valence-corrected chi connectivity index (χ1v) is 7.27. The first-order valence-electron chi connectivity index (χ1n) is 5.77. The van der Waals surface area contributed by atoms with Crippen LogP contribution in [0.3, 0.4) is 0 Å². The van der Waals surface area contributed by atoms with Crippen molar-refractivity contribution in [2.45, 2.75) is 36.5 Å². The van der Waals surface area contributed by atoms with Crippen molar-refractivity contribution < 1.29 is 13.0 Å². The van der Waals surface area contributed by atoms with E-state index in [1.165, 1.54) is 0 Å². The molecule has 94 valence electrons. The molecule has 1 saturated carbocycles. The summed E-state index contributed by atoms with van der Waals surface area (Å²) in [6, 6.07) is 9.13. The molecule has 1 aromatic rings. The van der Waals surface area contributed by atoms with Gasteiger partial charge in [0.2, 0.25) is 0 Å². The van der Waals surface area contributed by atoms with Gasteiger partial charge in [0.25, 0.3) is 10.1 Å². The van der Waals surface area contributed by atoms with Crippen LogP contribution in [0.5, 0.6) is 0 Å². The smallest absolute Gasteiger partial charge is 0.269 e. The van der Waals surface area contributed by atoms with Crippen molar-refractivity contribution in [1.29, 1.82) is 0 Å². The standard InChI is InChI=1S/C12H17NO3S/c13-12-10(9-5-2-1-3-6-9)7-4-8-11(12)17(14,15)16/h1-3,5-6,10-12H,4,7-8,13H2,(H,14,15,16). The minimum atomic E-state index is -4.04. The average Bonchev–Trinajstić information content (AvgIpc) is 2.29. The molecule has 5 heteroatoms. The zero-order valence-corrected chi connectivity index (χ0v) is 10.3. The van der Waals surface area contributed by atoms with Crippen molar-refractivity contribution in [2.24, 2.45) is 5.73 Å².